The van der Waals surface area contributed by atoms with Gasteiger partial charge in [0.2, 0.25) is 9.84 Å². The lowest BCUT2D eigenvalue weighted by Crippen LogP contribution is -2.33. The first-order valence-electron chi connectivity index (χ1n) is 8.54. The van der Waals surface area contributed by atoms with E-state index in [4.69, 9.17) is 17.3 Å². The van der Waals surface area contributed by atoms with Crippen LogP contribution >= 0.6 is 11.6 Å². The molecular weight excluding hydrogens is 393 g/mol. The van der Waals surface area contributed by atoms with E-state index in [1.165, 1.54) is 18.2 Å². The Bertz CT molecular complexity index is 933. The fourth-order valence-corrected chi connectivity index (χ4v) is 3.63. The summed E-state index contributed by atoms with van der Waals surface area (Å²) in [5.74, 6) is 0.129. The summed E-state index contributed by atoms with van der Waals surface area (Å²) < 4.78 is 37.2. The first-order chi connectivity index (χ1) is 12.7. The predicted molar refractivity (Wildman–Crippen MR) is 104 cm³/mol. The highest BCUT2D eigenvalue weighted by atomic mass is 35.5. The smallest absolute Gasteiger partial charge is 0.250 e. The lowest BCUT2D eigenvalue weighted by molar-refractivity contribution is 0.410. The number of rotatable bonds is 5. The molecule has 0 bridgehead atoms. The molecule has 146 valence electrons. The van der Waals surface area contributed by atoms with Gasteiger partial charge < -0.3 is 16.4 Å². The molecule has 1 heterocycles. The van der Waals surface area contributed by atoms with Crippen molar-refractivity contribution >= 4 is 38.8 Å². The van der Waals surface area contributed by atoms with Crippen LogP contribution in [0, 0.1) is 5.82 Å². The van der Waals surface area contributed by atoms with Gasteiger partial charge in [-0.15, -0.1) is 0 Å². The Labute approximate surface area is 162 Å². The highest BCUT2D eigenvalue weighted by molar-refractivity contribution is 7.90. The summed E-state index contributed by atoms with van der Waals surface area (Å²) in [6.45, 7) is 0. The Morgan fingerprint density at radius 2 is 1.81 bits per heavy atom. The molecule has 0 amide bonds. The molecule has 1 saturated carbocycles. The largest absolute Gasteiger partial charge is 0.367 e. The molecule has 7 nitrogen and oxygen atoms in total. The van der Waals surface area contributed by atoms with Crippen LogP contribution in [0.1, 0.15) is 25.7 Å². The molecule has 0 unspecified atom stereocenters. The molecule has 1 aliphatic carbocycles. The fraction of sp³-hybridized carbons (Fsp3) is 0.412. The minimum absolute atomic E-state index is 0.0470. The SMILES string of the molecule is CS(=O)(=O)c1nc(Nc2ccc(F)c(Cl)c2)cc(NC2CCC(N)CC2)n1. The van der Waals surface area contributed by atoms with Crippen molar-refractivity contribution in [2.45, 2.75) is 42.9 Å². The van der Waals surface area contributed by atoms with Crippen LogP contribution in [0.25, 0.3) is 0 Å². The maximum Gasteiger partial charge on any atom is 0.250 e. The van der Waals surface area contributed by atoms with Gasteiger partial charge in [0.15, 0.2) is 0 Å². The first kappa shape index (κ1) is 19.8. The third kappa shape index (κ3) is 5.27. The number of nitrogens with zero attached hydrogens (tertiary/aromatic N) is 2. The molecule has 0 atom stereocenters. The molecular formula is C17H21ClFN5O2S. The van der Waals surface area contributed by atoms with Gasteiger partial charge in [-0.25, -0.2) is 22.8 Å². The number of nitrogens with two attached hydrogens (primary N) is 1. The third-order valence-corrected chi connectivity index (χ3v) is 5.49. The molecule has 1 aliphatic rings. The van der Waals surface area contributed by atoms with Gasteiger partial charge >= 0.3 is 0 Å². The molecule has 2 aromatic rings. The van der Waals surface area contributed by atoms with E-state index in [0.717, 1.165) is 31.9 Å². The van der Waals surface area contributed by atoms with E-state index in [0.29, 0.717) is 11.5 Å². The van der Waals surface area contributed by atoms with Gasteiger partial charge in [-0.3, -0.25) is 0 Å². The van der Waals surface area contributed by atoms with Crippen LogP contribution in [0.15, 0.2) is 29.4 Å². The van der Waals surface area contributed by atoms with E-state index in [-0.39, 0.29) is 28.1 Å². The Kier molecular flexibility index (Phi) is 5.83. The van der Waals surface area contributed by atoms with Crippen molar-refractivity contribution in [3.05, 3.63) is 35.1 Å². The van der Waals surface area contributed by atoms with E-state index in [2.05, 4.69) is 20.6 Å². The molecule has 27 heavy (non-hydrogen) atoms. The zero-order valence-corrected chi connectivity index (χ0v) is 16.3. The van der Waals surface area contributed by atoms with Gasteiger partial charge in [0.05, 0.1) is 5.02 Å². The van der Waals surface area contributed by atoms with Crippen molar-refractivity contribution < 1.29 is 12.8 Å². The highest BCUT2D eigenvalue weighted by Crippen LogP contribution is 2.25. The van der Waals surface area contributed by atoms with Crippen molar-refractivity contribution in [1.82, 2.24) is 9.97 Å². The average Bonchev–Trinajstić information content (AvgIpc) is 2.59. The summed E-state index contributed by atoms with van der Waals surface area (Å²) in [6.07, 6.45) is 4.62. The molecule has 1 fully saturated rings. The van der Waals surface area contributed by atoms with Crippen LogP contribution < -0.4 is 16.4 Å². The van der Waals surface area contributed by atoms with Gasteiger partial charge in [-0.1, -0.05) is 11.6 Å². The van der Waals surface area contributed by atoms with E-state index in [1.807, 2.05) is 0 Å². The minimum Gasteiger partial charge on any atom is -0.367 e. The quantitative estimate of drug-likeness (QED) is 0.646. The second-order valence-corrected chi connectivity index (χ2v) is 9.02. The number of nitrogens with one attached hydrogen (secondary N) is 2. The van der Waals surface area contributed by atoms with Crippen molar-refractivity contribution in [3.63, 3.8) is 0 Å². The maximum absolute atomic E-state index is 13.3. The number of hydrogen-bond acceptors (Lipinski definition) is 7. The lowest BCUT2D eigenvalue weighted by Gasteiger charge is -2.27. The standard InChI is InChI=1S/C17H21ClFN5O2S/c1-27(25,26)17-23-15(21-11-4-2-10(20)3-5-11)9-16(24-17)22-12-6-7-14(19)13(18)8-12/h6-11H,2-5,20H2,1H3,(H2,21,22,23,24). The monoisotopic (exact) mass is 413 g/mol. The van der Waals surface area contributed by atoms with E-state index < -0.39 is 15.7 Å². The average molecular weight is 414 g/mol. The number of anilines is 3. The first-order valence-corrected chi connectivity index (χ1v) is 10.8. The zero-order valence-electron chi connectivity index (χ0n) is 14.7. The molecule has 1 aromatic heterocycles. The van der Waals surface area contributed by atoms with Crippen LogP contribution in [0.4, 0.5) is 21.7 Å². The number of hydrogen-bond donors (Lipinski definition) is 3. The third-order valence-electron chi connectivity index (χ3n) is 4.35. The number of sulfone groups is 1. The minimum atomic E-state index is -3.61. The second kappa shape index (κ2) is 7.95. The highest BCUT2D eigenvalue weighted by Gasteiger charge is 2.20. The Morgan fingerprint density at radius 1 is 1.15 bits per heavy atom. The Morgan fingerprint density at radius 3 is 2.44 bits per heavy atom. The summed E-state index contributed by atoms with van der Waals surface area (Å²) in [7, 11) is -3.61. The number of halogens is 2. The molecule has 0 radical (unpaired) electrons. The van der Waals surface area contributed by atoms with Gasteiger partial charge in [0.25, 0.3) is 5.16 Å². The van der Waals surface area contributed by atoms with E-state index >= 15 is 0 Å². The summed E-state index contributed by atoms with van der Waals surface area (Å²) in [5, 5.41) is 5.86. The summed E-state index contributed by atoms with van der Waals surface area (Å²) in [5.41, 5.74) is 6.40. The van der Waals surface area contributed by atoms with Crippen molar-refractivity contribution in [3.8, 4) is 0 Å². The van der Waals surface area contributed by atoms with Gasteiger partial charge in [-0.05, 0) is 43.9 Å². The van der Waals surface area contributed by atoms with E-state index in [9.17, 15) is 12.8 Å². The summed E-state index contributed by atoms with van der Waals surface area (Å²) >= 11 is 5.79. The summed E-state index contributed by atoms with van der Waals surface area (Å²) in [6, 6.07) is 6.09. The number of benzene rings is 1. The lowest BCUT2D eigenvalue weighted by atomic mass is 9.92. The normalized spacial score (nSPS) is 20.3. The van der Waals surface area contributed by atoms with Crippen molar-refractivity contribution in [1.29, 1.82) is 0 Å². The van der Waals surface area contributed by atoms with Crippen LogP contribution in [-0.2, 0) is 9.84 Å². The molecule has 1 aromatic carbocycles. The second-order valence-electron chi connectivity index (χ2n) is 6.70. The van der Waals surface area contributed by atoms with Crippen LogP contribution in [0.2, 0.25) is 5.02 Å². The number of aromatic nitrogens is 2. The topological polar surface area (TPSA) is 110 Å². The van der Waals surface area contributed by atoms with Crippen LogP contribution in [0.3, 0.4) is 0 Å². The van der Waals surface area contributed by atoms with Gasteiger partial charge in [0, 0.05) is 30.1 Å². The zero-order chi connectivity index (χ0) is 19.6. The van der Waals surface area contributed by atoms with E-state index in [1.54, 1.807) is 6.07 Å². The molecule has 0 saturated heterocycles. The van der Waals surface area contributed by atoms with Crippen LogP contribution in [-0.4, -0.2) is 36.7 Å². The Balaban J connectivity index is 1.87. The molecule has 4 N–H and O–H groups in total. The van der Waals surface area contributed by atoms with Crippen molar-refractivity contribution in [2.24, 2.45) is 5.73 Å². The van der Waals surface area contributed by atoms with Gasteiger partial charge in [0.1, 0.15) is 17.5 Å². The molecule has 0 aliphatic heterocycles. The Hall–Kier alpha value is -1.97. The summed E-state index contributed by atoms with van der Waals surface area (Å²) in [4.78, 5) is 8.17. The van der Waals surface area contributed by atoms with Gasteiger partial charge in [-0.2, -0.15) is 0 Å². The molecule has 3 rings (SSSR count). The van der Waals surface area contributed by atoms with Crippen molar-refractivity contribution in [2.75, 3.05) is 16.9 Å². The molecule has 0 spiro atoms. The predicted octanol–water partition coefficient (Wildman–Crippen LogP) is 3.10. The van der Waals surface area contributed by atoms with Crippen LogP contribution in [0.5, 0.6) is 0 Å². The fourth-order valence-electron chi connectivity index (χ4n) is 2.92. The maximum atomic E-state index is 13.3. The molecule has 10 heteroatoms.